The maximum Gasteiger partial charge on any atom is 0.452 e. The average molecular weight is 357 g/mol. The molecule has 2 aromatic heterocycles. The molecular weight excluding hydrogens is 343 g/mol. The number of benzene rings is 2. The third-order valence-corrected chi connectivity index (χ3v) is 4.14. The fourth-order valence-corrected chi connectivity index (χ4v) is 2.88. The summed E-state index contributed by atoms with van der Waals surface area (Å²) in [6.45, 7) is 0. The number of alkyl halides is 3. The molecule has 4 aromatic rings. The fourth-order valence-electron chi connectivity index (χ4n) is 2.88. The molecule has 8 heteroatoms. The molecule has 5 nitrogen and oxygen atoms in total. The van der Waals surface area contributed by atoms with Gasteiger partial charge in [0.05, 0.1) is 11.0 Å². The standard InChI is InChI=1S/C18H14F3N5/c1-25(2)12-9-7-11(8-10-12)15-16-23-24-17(18(19,20)21)26(16)14-6-4-3-5-13(14)22-15/h3-10H,1-2H3. The Hall–Kier alpha value is -3.16. The Bertz CT molecular complexity index is 1100. The van der Waals surface area contributed by atoms with Gasteiger partial charge in [0.1, 0.15) is 5.69 Å². The summed E-state index contributed by atoms with van der Waals surface area (Å²) in [5.41, 5.74) is 2.84. The van der Waals surface area contributed by atoms with Crippen LogP contribution >= 0.6 is 0 Å². The molecule has 2 heterocycles. The van der Waals surface area contributed by atoms with E-state index in [0.29, 0.717) is 22.3 Å². The Balaban J connectivity index is 2.04. The van der Waals surface area contributed by atoms with E-state index in [9.17, 15) is 13.2 Å². The first kappa shape index (κ1) is 16.3. The maximum absolute atomic E-state index is 13.4. The Kier molecular flexibility index (Phi) is 3.57. The van der Waals surface area contributed by atoms with Crippen LogP contribution in [0.15, 0.2) is 48.5 Å². The van der Waals surface area contributed by atoms with Gasteiger partial charge in [0.15, 0.2) is 5.65 Å². The lowest BCUT2D eigenvalue weighted by Crippen LogP contribution is -2.12. The van der Waals surface area contributed by atoms with Gasteiger partial charge < -0.3 is 4.90 Å². The zero-order valence-electron chi connectivity index (χ0n) is 14.0. The van der Waals surface area contributed by atoms with E-state index in [1.54, 1.807) is 24.3 Å². The Morgan fingerprint density at radius 1 is 0.923 bits per heavy atom. The van der Waals surface area contributed by atoms with E-state index < -0.39 is 12.0 Å². The lowest BCUT2D eigenvalue weighted by molar-refractivity contribution is -0.145. The molecule has 0 aliphatic heterocycles. The van der Waals surface area contributed by atoms with Crippen molar-refractivity contribution >= 4 is 22.4 Å². The van der Waals surface area contributed by atoms with Crippen LogP contribution in [0.4, 0.5) is 18.9 Å². The minimum absolute atomic E-state index is 0.0774. The van der Waals surface area contributed by atoms with E-state index in [1.807, 2.05) is 43.3 Å². The molecule has 0 aliphatic carbocycles. The summed E-state index contributed by atoms with van der Waals surface area (Å²) in [6, 6.07) is 14.0. The van der Waals surface area contributed by atoms with Gasteiger partial charge in [-0.1, -0.05) is 24.3 Å². The second-order valence-corrected chi connectivity index (χ2v) is 6.07. The van der Waals surface area contributed by atoms with Crippen LogP contribution in [0, 0.1) is 0 Å². The number of halogens is 3. The molecule has 2 aromatic carbocycles. The summed E-state index contributed by atoms with van der Waals surface area (Å²) in [5, 5.41) is 7.18. The Labute approximate surface area is 146 Å². The average Bonchev–Trinajstić information content (AvgIpc) is 3.07. The number of hydrogen-bond donors (Lipinski definition) is 0. The number of aromatic nitrogens is 4. The maximum atomic E-state index is 13.4. The van der Waals surface area contributed by atoms with Gasteiger partial charge >= 0.3 is 6.18 Å². The quantitative estimate of drug-likeness (QED) is 0.543. The molecule has 0 N–H and O–H groups in total. The van der Waals surface area contributed by atoms with Crippen molar-refractivity contribution in [3.8, 4) is 11.3 Å². The van der Waals surface area contributed by atoms with Crippen LogP contribution in [0.5, 0.6) is 0 Å². The molecule has 0 aliphatic rings. The highest BCUT2D eigenvalue weighted by atomic mass is 19.4. The number of rotatable bonds is 2. The third-order valence-electron chi connectivity index (χ3n) is 4.14. The van der Waals surface area contributed by atoms with Crippen LogP contribution in [-0.4, -0.2) is 33.7 Å². The molecule has 0 saturated heterocycles. The third kappa shape index (κ3) is 2.54. The van der Waals surface area contributed by atoms with Crippen LogP contribution in [0.3, 0.4) is 0 Å². The van der Waals surface area contributed by atoms with Crippen LogP contribution in [0.25, 0.3) is 27.9 Å². The number of hydrogen-bond acceptors (Lipinski definition) is 4. The van der Waals surface area contributed by atoms with Crippen molar-refractivity contribution in [1.29, 1.82) is 0 Å². The molecule has 0 bridgehead atoms. The van der Waals surface area contributed by atoms with Crippen LogP contribution < -0.4 is 4.90 Å². The summed E-state index contributed by atoms with van der Waals surface area (Å²) in [7, 11) is 3.82. The van der Waals surface area contributed by atoms with E-state index in [4.69, 9.17) is 0 Å². The topological polar surface area (TPSA) is 46.3 Å². The fraction of sp³-hybridized carbons (Fsp3) is 0.167. The van der Waals surface area contributed by atoms with Crippen molar-refractivity contribution in [2.45, 2.75) is 6.18 Å². The molecule has 0 spiro atoms. The summed E-state index contributed by atoms with van der Waals surface area (Å²) in [4.78, 5) is 6.48. The van der Waals surface area contributed by atoms with Crippen molar-refractivity contribution in [3.05, 3.63) is 54.4 Å². The Morgan fingerprint density at radius 3 is 2.27 bits per heavy atom. The van der Waals surface area contributed by atoms with Gasteiger partial charge in [-0.3, -0.25) is 4.40 Å². The second kappa shape index (κ2) is 5.69. The summed E-state index contributed by atoms with van der Waals surface area (Å²) in [6.07, 6.45) is -4.62. The first-order valence-corrected chi connectivity index (χ1v) is 7.85. The molecule has 0 amide bonds. The smallest absolute Gasteiger partial charge is 0.378 e. The van der Waals surface area contributed by atoms with Crippen molar-refractivity contribution in [2.24, 2.45) is 0 Å². The van der Waals surface area contributed by atoms with Gasteiger partial charge in [-0.15, -0.1) is 10.2 Å². The number of anilines is 1. The molecular formula is C18H14F3N5. The summed E-state index contributed by atoms with van der Waals surface area (Å²) >= 11 is 0. The van der Waals surface area contributed by atoms with E-state index >= 15 is 0 Å². The first-order valence-electron chi connectivity index (χ1n) is 7.85. The van der Waals surface area contributed by atoms with Gasteiger partial charge in [-0.25, -0.2) is 4.98 Å². The van der Waals surface area contributed by atoms with Crippen molar-refractivity contribution in [2.75, 3.05) is 19.0 Å². The predicted octanol–water partition coefficient (Wildman–Crippen LogP) is 4.03. The largest absolute Gasteiger partial charge is 0.452 e. The van der Waals surface area contributed by atoms with Gasteiger partial charge in [0.2, 0.25) is 5.82 Å². The van der Waals surface area contributed by atoms with E-state index in [1.165, 1.54) is 0 Å². The van der Waals surface area contributed by atoms with E-state index in [0.717, 1.165) is 10.1 Å². The normalized spacial score (nSPS) is 12.0. The van der Waals surface area contributed by atoms with Gasteiger partial charge in [0, 0.05) is 25.3 Å². The highest BCUT2D eigenvalue weighted by Crippen LogP contribution is 2.33. The monoisotopic (exact) mass is 357 g/mol. The predicted molar refractivity (Wildman–Crippen MR) is 93.1 cm³/mol. The number of fused-ring (bicyclic) bond motifs is 3. The first-order chi connectivity index (χ1) is 12.4. The summed E-state index contributed by atoms with van der Waals surface area (Å²) < 4.78 is 41.2. The second-order valence-electron chi connectivity index (χ2n) is 6.07. The van der Waals surface area contributed by atoms with Crippen LogP contribution in [0.1, 0.15) is 5.82 Å². The van der Waals surface area contributed by atoms with Gasteiger partial charge in [0.25, 0.3) is 0 Å². The van der Waals surface area contributed by atoms with Crippen LogP contribution in [0.2, 0.25) is 0 Å². The molecule has 26 heavy (non-hydrogen) atoms. The summed E-state index contributed by atoms with van der Waals surface area (Å²) in [5.74, 6) is -1.06. The molecule has 0 radical (unpaired) electrons. The molecule has 0 saturated carbocycles. The highest BCUT2D eigenvalue weighted by Gasteiger charge is 2.38. The zero-order valence-corrected chi connectivity index (χ0v) is 14.0. The molecule has 4 rings (SSSR count). The number of nitrogens with zero attached hydrogens (tertiary/aromatic N) is 5. The minimum Gasteiger partial charge on any atom is -0.378 e. The minimum atomic E-state index is -4.62. The lowest BCUT2D eigenvalue weighted by Gasteiger charge is -2.13. The molecule has 0 fully saturated rings. The van der Waals surface area contributed by atoms with Crippen molar-refractivity contribution < 1.29 is 13.2 Å². The molecule has 132 valence electrons. The van der Waals surface area contributed by atoms with Gasteiger partial charge in [-0.2, -0.15) is 13.2 Å². The number of para-hydroxylation sites is 2. The SMILES string of the molecule is CN(C)c1ccc(-c2nc3ccccc3n3c(C(F)(F)F)nnc23)cc1. The van der Waals surface area contributed by atoms with Crippen LogP contribution in [-0.2, 0) is 6.18 Å². The van der Waals surface area contributed by atoms with E-state index in [2.05, 4.69) is 15.2 Å². The zero-order chi connectivity index (χ0) is 18.5. The Morgan fingerprint density at radius 2 is 1.62 bits per heavy atom. The molecule has 0 atom stereocenters. The lowest BCUT2D eigenvalue weighted by atomic mass is 10.1. The van der Waals surface area contributed by atoms with E-state index in [-0.39, 0.29) is 5.65 Å². The van der Waals surface area contributed by atoms with Crippen molar-refractivity contribution in [1.82, 2.24) is 19.6 Å². The van der Waals surface area contributed by atoms with Gasteiger partial charge in [-0.05, 0) is 24.3 Å². The molecule has 0 unspecified atom stereocenters. The highest BCUT2D eigenvalue weighted by molar-refractivity contribution is 5.86. The van der Waals surface area contributed by atoms with Crippen molar-refractivity contribution in [3.63, 3.8) is 0 Å².